The number of thiol groups is 1. The molecule has 0 bridgehead atoms. The summed E-state index contributed by atoms with van der Waals surface area (Å²) in [6, 6.07) is 4.65. The zero-order valence-corrected chi connectivity index (χ0v) is 8.64. The summed E-state index contributed by atoms with van der Waals surface area (Å²) >= 11 is 11.4. The van der Waals surface area contributed by atoms with Gasteiger partial charge in [0.15, 0.2) is 0 Å². The third kappa shape index (κ3) is 3.52. The zero-order valence-electron chi connectivity index (χ0n) is 6.24. The summed E-state index contributed by atoms with van der Waals surface area (Å²) in [5, 5.41) is 0.835. The van der Waals surface area contributed by atoms with Crippen LogP contribution in [0.15, 0.2) is 18.2 Å². The van der Waals surface area contributed by atoms with Crippen molar-refractivity contribution in [2.45, 2.75) is 0 Å². The van der Waals surface area contributed by atoms with Crippen molar-refractivity contribution >= 4 is 34.2 Å². The molecule has 0 saturated heterocycles. The summed E-state index contributed by atoms with van der Waals surface area (Å²) in [4.78, 5) is 0. The van der Waals surface area contributed by atoms with Crippen LogP contribution in [0, 0.1) is 6.61 Å². The molecule has 1 radical (unpaired) electrons. The Balaban J connectivity index is 2.81. The summed E-state index contributed by atoms with van der Waals surface area (Å²) in [5.74, 6) is 0. The Morgan fingerprint density at radius 3 is 2.62 bits per heavy atom. The highest BCUT2D eigenvalue weighted by Crippen LogP contribution is 2.22. The maximum Gasteiger partial charge on any atom is 0.257 e. The van der Waals surface area contributed by atoms with Gasteiger partial charge in [0.2, 0.25) is 0 Å². The van der Waals surface area contributed by atoms with Crippen LogP contribution in [0.25, 0.3) is 0 Å². The maximum absolute atomic E-state index is 10.1. The van der Waals surface area contributed by atoms with Gasteiger partial charge >= 0.3 is 0 Å². The topological polar surface area (TPSA) is 43.4 Å². The SMILES string of the molecule is O=[SH](=O)O[CH]c1cc(Cl)ccc1Cl. The lowest BCUT2D eigenvalue weighted by Gasteiger charge is -2.00. The molecule has 13 heavy (non-hydrogen) atoms. The predicted molar refractivity (Wildman–Crippen MR) is 51.3 cm³/mol. The van der Waals surface area contributed by atoms with Crippen LogP contribution in [0.4, 0.5) is 0 Å². The molecule has 0 fully saturated rings. The molecule has 0 aliphatic rings. The second kappa shape index (κ2) is 4.81. The van der Waals surface area contributed by atoms with Crippen LogP contribution in [-0.2, 0) is 15.2 Å². The van der Waals surface area contributed by atoms with Gasteiger partial charge < -0.3 is 0 Å². The second-order valence-electron chi connectivity index (χ2n) is 2.11. The van der Waals surface area contributed by atoms with E-state index in [0.717, 1.165) is 6.61 Å². The van der Waals surface area contributed by atoms with E-state index in [4.69, 9.17) is 23.2 Å². The van der Waals surface area contributed by atoms with Crippen molar-refractivity contribution in [3.05, 3.63) is 40.4 Å². The Morgan fingerprint density at radius 2 is 2.00 bits per heavy atom. The first-order chi connectivity index (χ1) is 6.09. The van der Waals surface area contributed by atoms with Gasteiger partial charge in [-0.05, 0) is 18.2 Å². The summed E-state index contributed by atoms with van der Waals surface area (Å²) < 4.78 is 24.4. The summed E-state index contributed by atoms with van der Waals surface area (Å²) in [6.45, 7) is 1.03. The van der Waals surface area contributed by atoms with Crippen molar-refractivity contribution in [2.75, 3.05) is 0 Å². The van der Waals surface area contributed by atoms with Gasteiger partial charge in [-0.2, -0.15) is 0 Å². The lowest BCUT2D eigenvalue weighted by atomic mass is 10.2. The minimum absolute atomic E-state index is 0.376. The fourth-order valence-electron chi connectivity index (χ4n) is 0.705. The lowest BCUT2D eigenvalue weighted by molar-refractivity contribution is 0.429. The minimum atomic E-state index is -2.90. The van der Waals surface area contributed by atoms with Gasteiger partial charge in [0, 0.05) is 15.6 Å². The van der Waals surface area contributed by atoms with Crippen molar-refractivity contribution in [2.24, 2.45) is 0 Å². The number of halogens is 2. The fourth-order valence-corrected chi connectivity index (χ4v) is 1.25. The molecule has 1 aromatic rings. The standard InChI is InChI=1S/C7H5Cl2O3S/c8-6-1-2-7(9)5(3-6)4-12-13(10)11/h1-4,13H. The first-order valence-corrected chi connectivity index (χ1v) is 5.04. The summed E-state index contributed by atoms with van der Waals surface area (Å²) in [7, 11) is -2.90. The molecular formula is C7H5Cl2O3S. The molecule has 0 atom stereocenters. The first-order valence-electron chi connectivity index (χ1n) is 3.19. The molecule has 0 unspecified atom stereocenters. The highest BCUT2D eigenvalue weighted by Gasteiger charge is 2.02. The van der Waals surface area contributed by atoms with Crippen LogP contribution in [0.2, 0.25) is 10.0 Å². The van der Waals surface area contributed by atoms with Gasteiger partial charge in [-0.3, -0.25) is 4.18 Å². The molecule has 0 saturated carbocycles. The molecule has 3 nitrogen and oxygen atoms in total. The first kappa shape index (κ1) is 10.8. The molecule has 0 aliphatic carbocycles. The third-order valence-electron chi connectivity index (χ3n) is 1.22. The van der Waals surface area contributed by atoms with Crippen LogP contribution in [0.1, 0.15) is 5.56 Å². The molecule has 0 spiro atoms. The van der Waals surface area contributed by atoms with Gasteiger partial charge in [-0.1, -0.05) is 23.2 Å². The smallest absolute Gasteiger partial charge is 0.257 e. The maximum atomic E-state index is 10.1. The lowest BCUT2D eigenvalue weighted by Crippen LogP contribution is -1.88. The molecule has 0 aliphatic heterocycles. The van der Waals surface area contributed by atoms with Crippen LogP contribution in [-0.4, -0.2) is 8.42 Å². The molecule has 1 rings (SSSR count). The van der Waals surface area contributed by atoms with Crippen LogP contribution >= 0.6 is 23.2 Å². The Labute approximate surface area is 87.4 Å². The Bertz CT molecular complexity index is 368. The third-order valence-corrected chi connectivity index (χ3v) is 2.08. The normalized spacial score (nSPS) is 10.7. The molecule has 1 aromatic carbocycles. The van der Waals surface area contributed by atoms with E-state index in [1.807, 2.05) is 0 Å². The van der Waals surface area contributed by atoms with Crippen LogP contribution in [0.3, 0.4) is 0 Å². The Hall–Kier alpha value is -0.290. The molecule has 0 amide bonds. The van der Waals surface area contributed by atoms with E-state index in [2.05, 4.69) is 4.18 Å². The van der Waals surface area contributed by atoms with Crippen LogP contribution < -0.4 is 0 Å². The highest BCUT2D eigenvalue weighted by molar-refractivity contribution is 7.67. The number of hydrogen-bond acceptors (Lipinski definition) is 3. The van der Waals surface area contributed by atoms with E-state index >= 15 is 0 Å². The Morgan fingerprint density at radius 1 is 1.31 bits per heavy atom. The average molecular weight is 240 g/mol. The van der Waals surface area contributed by atoms with Gasteiger partial charge in [-0.25, -0.2) is 8.42 Å². The Kier molecular flexibility index (Phi) is 3.99. The van der Waals surface area contributed by atoms with Crippen molar-refractivity contribution < 1.29 is 12.6 Å². The molecule has 0 aromatic heterocycles. The monoisotopic (exact) mass is 239 g/mol. The van der Waals surface area contributed by atoms with Crippen molar-refractivity contribution in [1.29, 1.82) is 0 Å². The van der Waals surface area contributed by atoms with E-state index in [0.29, 0.717) is 15.6 Å². The van der Waals surface area contributed by atoms with Crippen molar-refractivity contribution in [1.82, 2.24) is 0 Å². The summed E-state index contributed by atoms with van der Waals surface area (Å²) in [6.07, 6.45) is 0. The summed E-state index contributed by atoms with van der Waals surface area (Å²) in [5.41, 5.74) is 0.424. The molecule has 0 N–H and O–H groups in total. The average Bonchev–Trinajstić information content (AvgIpc) is 2.06. The van der Waals surface area contributed by atoms with Crippen LogP contribution in [0.5, 0.6) is 0 Å². The van der Waals surface area contributed by atoms with Gasteiger partial charge in [-0.15, -0.1) is 0 Å². The minimum Gasteiger partial charge on any atom is -0.261 e. The van der Waals surface area contributed by atoms with E-state index in [9.17, 15) is 8.42 Å². The zero-order chi connectivity index (χ0) is 9.84. The van der Waals surface area contributed by atoms with Gasteiger partial charge in [0.1, 0.15) is 6.61 Å². The van der Waals surface area contributed by atoms with E-state index in [1.54, 1.807) is 12.1 Å². The van der Waals surface area contributed by atoms with E-state index in [1.165, 1.54) is 6.07 Å². The largest absolute Gasteiger partial charge is 0.261 e. The van der Waals surface area contributed by atoms with Crippen molar-refractivity contribution in [3.63, 3.8) is 0 Å². The second-order valence-corrected chi connectivity index (χ2v) is 3.61. The molecule has 0 heterocycles. The number of hydrogen-bond donors (Lipinski definition) is 1. The fraction of sp³-hybridized carbons (Fsp3) is 0. The van der Waals surface area contributed by atoms with E-state index < -0.39 is 11.0 Å². The molecule has 6 heteroatoms. The quantitative estimate of drug-likeness (QED) is 0.822. The highest BCUT2D eigenvalue weighted by atomic mass is 35.5. The van der Waals surface area contributed by atoms with Crippen molar-refractivity contribution in [3.8, 4) is 0 Å². The van der Waals surface area contributed by atoms with Gasteiger partial charge in [0.25, 0.3) is 11.0 Å². The molecule has 71 valence electrons. The predicted octanol–water partition coefficient (Wildman–Crippen LogP) is 2.05. The number of rotatable bonds is 3. The van der Waals surface area contributed by atoms with E-state index in [-0.39, 0.29) is 0 Å². The molecular weight excluding hydrogens is 235 g/mol. The number of benzene rings is 1. The van der Waals surface area contributed by atoms with Gasteiger partial charge in [0.05, 0.1) is 0 Å².